The van der Waals surface area contributed by atoms with Crippen molar-refractivity contribution in [1.82, 2.24) is 10.6 Å². The van der Waals surface area contributed by atoms with Crippen molar-refractivity contribution in [3.63, 3.8) is 0 Å². The number of carbonyl (C=O) groups is 1. The van der Waals surface area contributed by atoms with E-state index < -0.39 is 0 Å². The van der Waals surface area contributed by atoms with Gasteiger partial charge in [0.1, 0.15) is 17.7 Å². The minimum atomic E-state index is -0.283. The molecule has 6 heteroatoms. The van der Waals surface area contributed by atoms with Gasteiger partial charge >= 0.3 is 0 Å². The van der Waals surface area contributed by atoms with Crippen LogP contribution in [0.2, 0.25) is 0 Å². The average Bonchev–Trinajstić information content (AvgIpc) is 2.86. The molecule has 0 spiro atoms. The van der Waals surface area contributed by atoms with E-state index in [2.05, 4.69) is 10.6 Å². The molecule has 2 heterocycles. The maximum absolute atomic E-state index is 12.8. The van der Waals surface area contributed by atoms with Crippen LogP contribution >= 0.6 is 12.4 Å². The molecule has 0 saturated carbocycles. The normalized spacial score (nSPS) is 26.3. The predicted octanol–water partition coefficient (Wildman–Crippen LogP) is 3.05. The van der Waals surface area contributed by atoms with Crippen LogP contribution in [-0.2, 0) is 4.79 Å². The molecule has 3 atom stereocenters. The van der Waals surface area contributed by atoms with Crippen LogP contribution in [0.4, 0.5) is 4.39 Å². The molecule has 1 amide bonds. The highest BCUT2D eigenvalue weighted by molar-refractivity contribution is 5.85. The molecule has 1 aromatic carbocycles. The Bertz CT molecular complexity index is 528. The summed E-state index contributed by atoms with van der Waals surface area (Å²) in [7, 11) is 0. The first-order valence-electron chi connectivity index (χ1n) is 8.53. The number of amides is 1. The summed E-state index contributed by atoms with van der Waals surface area (Å²) >= 11 is 0. The quantitative estimate of drug-likeness (QED) is 0.823. The van der Waals surface area contributed by atoms with Crippen LogP contribution in [0.15, 0.2) is 24.3 Å². The van der Waals surface area contributed by atoms with Gasteiger partial charge in [-0.3, -0.25) is 4.79 Å². The largest absolute Gasteiger partial charge is 0.489 e. The molecule has 2 bridgehead atoms. The Morgan fingerprint density at radius 1 is 1.29 bits per heavy atom. The van der Waals surface area contributed by atoms with Crippen molar-refractivity contribution in [2.24, 2.45) is 5.92 Å². The van der Waals surface area contributed by atoms with Crippen LogP contribution in [-0.4, -0.2) is 30.6 Å². The van der Waals surface area contributed by atoms with Gasteiger partial charge in [-0.15, -0.1) is 12.4 Å². The van der Waals surface area contributed by atoms with E-state index >= 15 is 0 Å². The number of rotatable bonds is 6. The molecule has 2 N–H and O–H groups in total. The third kappa shape index (κ3) is 5.35. The highest BCUT2D eigenvalue weighted by Gasteiger charge is 2.34. The fourth-order valence-electron chi connectivity index (χ4n) is 3.72. The van der Waals surface area contributed by atoms with E-state index in [9.17, 15) is 9.18 Å². The second kappa shape index (κ2) is 8.67. The number of fused-ring (bicyclic) bond motifs is 2. The van der Waals surface area contributed by atoms with Crippen LogP contribution in [0.3, 0.4) is 0 Å². The standard InChI is InChI=1S/C18H25FN2O2.ClH/c1-12(23-17-6-2-14(19)3-7-17)11-20-18(22)10-13-8-15-4-5-16(9-13)21-15;/h2-3,6-7,12-13,15-16,21H,4-5,8-11H2,1H3,(H,20,22);1H. The van der Waals surface area contributed by atoms with E-state index in [1.54, 1.807) is 12.1 Å². The molecule has 2 fully saturated rings. The monoisotopic (exact) mass is 356 g/mol. The highest BCUT2D eigenvalue weighted by Crippen LogP contribution is 2.32. The number of hydrogen-bond acceptors (Lipinski definition) is 3. The third-order valence-corrected chi connectivity index (χ3v) is 4.78. The van der Waals surface area contributed by atoms with Crippen LogP contribution in [0.5, 0.6) is 5.75 Å². The Hall–Kier alpha value is -1.33. The molecule has 0 radical (unpaired) electrons. The van der Waals surface area contributed by atoms with E-state index in [0.717, 1.165) is 12.8 Å². The van der Waals surface area contributed by atoms with Gasteiger partial charge in [-0.05, 0) is 62.8 Å². The van der Waals surface area contributed by atoms with Crippen LogP contribution < -0.4 is 15.4 Å². The molecule has 134 valence electrons. The molecule has 2 saturated heterocycles. The van der Waals surface area contributed by atoms with Crippen molar-refractivity contribution in [1.29, 1.82) is 0 Å². The summed E-state index contributed by atoms with van der Waals surface area (Å²) in [5, 5.41) is 6.55. The zero-order valence-electron chi connectivity index (χ0n) is 14.0. The van der Waals surface area contributed by atoms with Gasteiger partial charge in [0.25, 0.3) is 0 Å². The lowest BCUT2D eigenvalue weighted by atomic mass is 9.89. The van der Waals surface area contributed by atoms with Crippen molar-refractivity contribution in [3.8, 4) is 5.75 Å². The summed E-state index contributed by atoms with van der Waals surface area (Å²) in [6, 6.07) is 7.16. The second-order valence-corrected chi connectivity index (χ2v) is 6.87. The fourth-order valence-corrected chi connectivity index (χ4v) is 3.72. The number of benzene rings is 1. The lowest BCUT2D eigenvalue weighted by Crippen LogP contribution is -2.40. The SMILES string of the molecule is CC(CNC(=O)CC1CC2CCC(C1)N2)Oc1ccc(F)cc1.Cl. The molecule has 3 rings (SSSR count). The first kappa shape index (κ1) is 19.0. The molecular weight excluding hydrogens is 331 g/mol. The van der Waals surface area contributed by atoms with Gasteiger partial charge in [0.05, 0.1) is 6.54 Å². The number of ether oxygens (including phenoxy) is 1. The van der Waals surface area contributed by atoms with E-state index in [4.69, 9.17) is 4.74 Å². The van der Waals surface area contributed by atoms with Gasteiger partial charge in [0, 0.05) is 18.5 Å². The smallest absolute Gasteiger partial charge is 0.220 e. The predicted molar refractivity (Wildman–Crippen MR) is 94.0 cm³/mol. The molecule has 2 aliphatic heterocycles. The topological polar surface area (TPSA) is 50.4 Å². The molecule has 2 aliphatic rings. The van der Waals surface area contributed by atoms with Gasteiger partial charge < -0.3 is 15.4 Å². The molecule has 3 unspecified atom stereocenters. The summed E-state index contributed by atoms with van der Waals surface area (Å²) in [5.74, 6) is 0.935. The van der Waals surface area contributed by atoms with Gasteiger partial charge in [-0.1, -0.05) is 0 Å². The van der Waals surface area contributed by atoms with Gasteiger partial charge in [-0.2, -0.15) is 0 Å². The van der Waals surface area contributed by atoms with E-state index in [1.165, 1.54) is 25.0 Å². The van der Waals surface area contributed by atoms with E-state index in [0.29, 0.717) is 36.7 Å². The number of halogens is 2. The zero-order valence-corrected chi connectivity index (χ0v) is 14.8. The van der Waals surface area contributed by atoms with Crippen molar-refractivity contribution < 1.29 is 13.9 Å². The summed E-state index contributed by atoms with van der Waals surface area (Å²) < 4.78 is 18.5. The first-order valence-corrected chi connectivity index (χ1v) is 8.53. The molecule has 1 aromatic rings. The number of nitrogens with one attached hydrogen (secondary N) is 2. The van der Waals surface area contributed by atoms with Crippen molar-refractivity contribution in [3.05, 3.63) is 30.1 Å². The minimum Gasteiger partial charge on any atom is -0.489 e. The lowest BCUT2D eigenvalue weighted by Gasteiger charge is -2.28. The molecule has 0 aromatic heterocycles. The zero-order chi connectivity index (χ0) is 16.2. The average molecular weight is 357 g/mol. The molecule has 0 aliphatic carbocycles. The Labute approximate surface area is 148 Å². The minimum absolute atomic E-state index is 0. The van der Waals surface area contributed by atoms with Crippen LogP contribution in [0.1, 0.15) is 39.0 Å². The maximum atomic E-state index is 12.8. The van der Waals surface area contributed by atoms with Crippen molar-refractivity contribution in [2.45, 2.75) is 57.2 Å². The Balaban J connectivity index is 0.00000208. The molecule has 24 heavy (non-hydrogen) atoms. The van der Waals surface area contributed by atoms with E-state index in [1.807, 2.05) is 6.92 Å². The first-order chi connectivity index (χ1) is 11.1. The summed E-state index contributed by atoms with van der Waals surface area (Å²) in [4.78, 5) is 12.1. The van der Waals surface area contributed by atoms with Gasteiger partial charge in [-0.25, -0.2) is 4.39 Å². The summed E-state index contributed by atoms with van der Waals surface area (Å²) in [6.45, 7) is 2.36. The van der Waals surface area contributed by atoms with Crippen LogP contribution in [0.25, 0.3) is 0 Å². The Morgan fingerprint density at radius 2 is 1.92 bits per heavy atom. The summed E-state index contributed by atoms with van der Waals surface area (Å²) in [5.41, 5.74) is 0. The van der Waals surface area contributed by atoms with Gasteiger partial charge in [0.15, 0.2) is 0 Å². The van der Waals surface area contributed by atoms with Crippen molar-refractivity contribution >= 4 is 18.3 Å². The second-order valence-electron chi connectivity index (χ2n) is 6.87. The maximum Gasteiger partial charge on any atom is 0.220 e. The summed E-state index contributed by atoms with van der Waals surface area (Å²) in [6.07, 6.45) is 5.21. The Kier molecular flexibility index (Phi) is 6.87. The lowest BCUT2D eigenvalue weighted by molar-refractivity contribution is -0.122. The molecular formula is C18H26ClFN2O2. The molecule has 4 nitrogen and oxygen atoms in total. The number of piperidine rings is 1. The fraction of sp³-hybridized carbons (Fsp3) is 0.611. The third-order valence-electron chi connectivity index (χ3n) is 4.78. The van der Waals surface area contributed by atoms with Crippen LogP contribution in [0, 0.1) is 11.7 Å². The Morgan fingerprint density at radius 3 is 2.54 bits per heavy atom. The highest BCUT2D eigenvalue weighted by atomic mass is 35.5. The van der Waals surface area contributed by atoms with Crippen molar-refractivity contribution in [2.75, 3.05) is 6.54 Å². The van der Waals surface area contributed by atoms with Gasteiger partial charge in [0.2, 0.25) is 5.91 Å². The number of carbonyl (C=O) groups excluding carboxylic acids is 1. The number of hydrogen-bond donors (Lipinski definition) is 2. The van der Waals surface area contributed by atoms with E-state index in [-0.39, 0.29) is 30.2 Å².